The highest BCUT2D eigenvalue weighted by Crippen LogP contribution is 2.32. The van der Waals surface area contributed by atoms with Crippen LogP contribution in [0.3, 0.4) is 0 Å². The summed E-state index contributed by atoms with van der Waals surface area (Å²) in [6.45, 7) is 5.32. The molecule has 1 amide bonds. The number of nitrogens with zero attached hydrogens (tertiary/aromatic N) is 2. The lowest BCUT2D eigenvalue weighted by atomic mass is 10.1. The number of hydrogen-bond donors (Lipinski definition) is 2. The second-order valence-electron chi connectivity index (χ2n) is 5.62. The van der Waals surface area contributed by atoms with Crippen molar-refractivity contribution >= 4 is 25.6 Å². The fraction of sp³-hybridized carbons (Fsp3) is 0.375. The molecule has 1 heterocycles. The fourth-order valence-electron chi connectivity index (χ4n) is 2.45. The number of aromatic nitrogens is 1. The highest BCUT2D eigenvalue weighted by Gasteiger charge is 2.19. The molecule has 0 spiro atoms. The summed E-state index contributed by atoms with van der Waals surface area (Å²) in [7, 11) is 1.14. The van der Waals surface area contributed by atoms with Crippen molar-refractivity contribution in [2.75, 3.05) is 13.7 Å². The maximum absolute atomic E-state index is 12.1. The molecule has 1 aromatic heterocycles. The number of hydrazine groups is 1. The van der Waals surface area contributed by atoms with Gasteiger partial charge in [0.1, 0.15) is 24.2 Å². The zero-order valence-electron chi connectivity index (χ0n) is 14.0. The van der Waals surface area contributed by atoms with E-state index in [1.807, 2.05) is 0 Å². The number of hydrogen-bond acceptors (Lipinski definition) is 5. The summed E-state index contributed by atoms with van der Waals surface area (Å²) >= 11 is 0. The maximum atomic E-state index is 12.1. The normalized spacial score (nSPS) is 10.8. The van der Waals surface area contributed by atoms with E-state index in [-0.39, 0.29) is 15.5 Å². The van der Waals surface area contributed by atoms with Crippen LogP contribution < -0.4 is 16.0 Å². The number of nitriles is 1. The molecule has 8 heteroatoms. The van der Waals surface area contributed by atoms with Crippen molar-refractivity contribution in [2.45, 2.75) is 25.9 Å². The molecule has 0 bridgehead atoms. The number of nitrogens with one attached hydrogen (secondary N) is 1. The zero-order valence-corrected chi connectivity index (χ0v) is 15.0. The van der Waals surface area contributed by atoms with Crippen molar-refractivity contribution < 1.29 is 14.3 Å². The van der Waals surface area contributed by atoms with Crippen molar-refractivity contribution in [3.63, 3.8) is 0 Å². The third kappa shape index (κ3) is 3.59. The number of carbonyl (C=O) groups is 1. The highest BCUT2D eigenvalue weighted by molar-refractivity contribution is 6.55. The summed E-state index contributed by atoms with van der Waals surface area (Å²) < 4.78 is 12.8. The first kappa shape index (κ1) is 18.0. The summed E-state index contributed by atoms with van der Waals surface area (Å²) in [5, 5.41) is 9.88. The Kier molecular flexibility index (Phi) is 5.97. The monoisotopic (exact) mass is 345 g/mol. The van der Waals surface area contributed by atoms with Crippen LogP contribution in [0, 0.1) is 11.3 Å². The minimum absolute atomic E-state index is 0.233. The Bertz CT molecular complexity index is 780. The van der Waals surface area contributed by atoms with E-state index in [1.165, 1.54) is 7.11 Å². The van der Waals surface area contributed by atoms with Gasteiger partial charge in [0.15, 0.2) is 0 Å². The van der Waals surface area contributed by atoms with E-state index in [4.69, 9.17) is 15.3 Å². The molecular formula is C16H21N4O3Si. The van der Waals surface area contributed by atoms with E-state index >= 15 is 0 Å². The van der Waals surface area contributed by atoms with Crippen LogP contribution in [0.4, 0.5) is 0 Å². The molecule has 1 aromatic carbocycles. The van der Waals surface area contributed by atoms with Crippen LogP contribution in [0.1, 0.15) is 16.1 Å². The fourth-order valence-corrected chi connectivity index (χ4v) is 3.00. The Morgan fingerprint density at radius 1 is 1.46 bits per heavy atom. The number of nitrogen functional groups attached to an aromatic ring is 1. The molecule has 0 saturated carbocycles. The smallest absolute Gasteiger partial charge is 0.281 e. The molecule has 2 aromatic rings. The number of carbonyl (C=O) groups excluding carboxylic acids is 1. The number of rotatable bonds is 7. The Hall–Kier alpha value is -2.34. The molecule has 1 radical (unpaired) electrons. The van der Waals surface area contributed by atoms with Gasteiger partial charge in [-0.15, -0.1) is 0 Å². The quantitative estimate of drug-likeness (QED) is 0.262. The number of benzene rings is 1. The topological polar surface area (TPSA) is 102 Å². The number of fused-ring (bicyclic) bond motifs is 1. The van der Waals surface area contributed by atoms with Gasteiger partial charge in [-0.05, 0) is 24.2 Å². The Labute approximate surface area is 142 Å². The Balaban J connectivity index is 2.46. The molecule has 7 nitrogen and oxygen atoms in total. The third-order valence-electron chi connectivity index (χ3n) is 3.69. The average Bonchev–Trinajstić information content (AvgIpc) is 2.95. The molecule has 2 rings (SSSR count). The number of ether oxygens (including phenoxy) is 2. The van der Waals surface area contributed by atoms with Gasteiger partial charge in [0.25, 0.3) is 5.91 Å². The van der Waals surface area contributed by atoms with Crippen LogP contribution >= 0.6 is 0 Å². The first-order chi connectivity index (χ1) is 11.5. The van der Waals surface area contributed by atoms with E-state index < -0.39 is 5.91 Å². The summed E-state index contributed by atoms with van der Waals surface area (Å²) in [6, 6.07) is 8.23. The third-order valence-corrected chi connectivity index (χ3v) is 4.89. The van der Waals surface area contributed by atoms with Gasteiger partial charge < -0.3 is 14.0 Å². The molecule has 0 aliphatic carbocycles. The van der Waals surface area contributed by atoms with Crippen LogP contribution in [-0.2, 0) is 11.5 Å². The second-order valence-corrected chi connectivity index (χ2v) is 8.53. The van der Waals surface area contributed by atoms with Crippen LogP contribution in [0.2, 0.25) is 19.1 Å². The molecule has 0 saturated heterocycles. The molecule has 24 heavy (non-hydrogen) atoms. The SMILES string of the molecule is COc1c(C#N)ccc2c1cc(C(=O)NN)n2COCC[Si](C)C. The number of amides is 1. The lowest BCUT2D eigenvalue weighted by molar-refractivity contribution is 0.0813. The van der Waals surface area contributed by atoms with Crippen LogP contribution in [0.15, 0.2) is 18.2 Å². The molecule has 0 unspecified atom stereocenters. The summed E-state index contributed by atoms with van der Waals surface area (Å²) in [4.78, 5) is 12.1. The Morgan fingerprint density at radius 3 is 2.79 bits per heavy atom. The van der Waals surface area contributed by atoms with E-state index in [9.17, 15) is 10.1 Å². The van der Waals surface area contributed by atoms with E-state index in [2.05, 4.69) is 24.6 Å². The molecule has 0 fully saturated rings. The van der Waals surface area contributed by atoms with E-state index in [0.717, 1.165) is 11.6 Å². The van der Waals surface area contributed by atoms with Gasteiger partial charge in [-0.2, -0.15) is 5.26 Å². The Morgan fingerprint density at radius 2 is 2.21 bits per heavy atom. The first-order valence-corrected chi connectivity index (χ1v) is 10.2. The minimum Gasteiger partial charge on any atom is -0.495 e. The van der Waals surface area contributed by atoms with Gasteiger partial charge in [-0.3, -0.25) is 10.2 Å². The lowest BCUT2D eigenvalue weighted by Gasteiger charge is -2.12. The average molecular weight is 345 g/mol. The van der Waals surface area contributed by atoms with Crippen molar-refractivity contribution in [1.29, 1.82) is 5.26 Å². The predicted molar refractivity (Wildman–Crippen MR) is 93.1 cm³/mol. The molecule has 127 valence electrons. The van der Waals surface area contributed by atoms with Gasteiger partial charge in [0.05, 0.1) is 18.2 Å². The first-order valence-electron chi connectivity index (χ1n) is 7.51. The predicted octanol–water partition coefficient (Wildman–Crippen LogP) is 1.85. The van der Waals surface area contributed by atoms with Crippen molar-refractivity contribution in [1.82, 2.24) is 9.99 Å². The van der Waals surface area contributed by atoms with Gasteiger partial charge in [0, 0.05) is 20.8 Å². The lowest BCUT2D eigenvalue weighted by Crippen LogP contribution is -2.32. The standard InChI is InChI=1S/C16H21N4O3Si/c1-22-15-11(9-17)4-5-13-12(15)8-14(16(21)19-18)20(13)10-23-6-7-24(2)3/h4-5,8H,6-7,10,18H2,1-3H3,(H,19,21). The van der Waals surface area contributed by atoms with E-state index in [1.54, 1.807) is 22.8 Å². The molecule has 3 N–H and O–H groups in total. The number of methoxy groups -OCH3 is 1. The van der Waals surface area contributed by atoms with Crippen molar-refractivity contribution in [3.8, 4) is 11.8 Å². The van der Waals surface area contributed by atoms with Crippen molar-refractivity contribution in [2.24, 2.45) is 5.84 Å². The molecule has 0 aliphatic rings. The van der Waals surface area contributed by atoms with Crippen molar-refractivity contribution in [3.05, 3.63) is 29.5 Å². The summed E-state index contributed by atoms with van der Waals surface area (Å²) in [5.74, 6) is 5.30. The van der Waals surface area contributed by atoms with Crippen LogP contribution in [0.5, 0.6) is 5.75 Å². The van der Waals surface area contributed by atoms with Gasteiger partial charge in [0.2, 0.25) is 0 Å². The largest absolute Gasteiger partial charge is 0.495 e. The maximum Gasteiger partial charge on any atom is 0.281 e. The zero-order chi connectivity index (χ0) is 17.7. The summed E-state index contributed by atoms with van der Waals surface area (Å²) in [6.07, 6.45) is 0. The van der Waals surface area contributed by atoms with Crippen LogP contribution in [0.25, 0.3) is 10.9 Å². The summed E-state index contributed by atoms with van der Waals surface area (Å²) in [5.41, 5.74) is 3.66. The van der Waals surface area contributed by atoms with Gasteiger partial charge in [-0.25, -0.2) is 5.84 Å². The van der Waals surface area contributed by atoms with Gasteiger partial charge in [-0.1, -0.05) is 13.1 Å². The van der Waals surface area contributed by atoms with Crippen LogP contribution in [-0.4, -0.2) is 33.0 Å². The molecular weight excluding hydrogens is 324 g/mol. The minimum atomic E-state index is -0.425. The molecule has 0 aliphatic heterocycles. The number of nitrogens with two attached hydrogens (primary N) is 1. The second kappa shape index (κ2) is 7.96. The van der Waals surface area contributed by atoms with E-state index in [0.29, 0.717) is 29.0 Å². The molecule has 0 atom stereocenters. The highest BCUT2D eigenvalue weighted by atomic mass is 28.3. The van der Waals surface area contributed by atoms with Gasteiger partial charge >= 0.3 is 0 Å².